The Morgan fingerprint density at radius 2 is 2.38 bits per heavy atom. The molecule has 1 saturated heterocycles. The van der Waals surface area contributed by atoms with Crippen molar-refractivity contribution in [3.8, 4) is 0 Å². The summed E-state index contributed by atoms with van der Waals surface area (Å²) in [6, 6.07) is 0.622. The lowest BCUT2D eigenvalue weighted by molar-refractivity contribution is 0.0380. The van der Waals surface area contributed by atoms with Crippen LogP contribution in [0.3, 0.4) is 0 Å². The molecule has 2 unspecified atom stereocenters. The summed E-state index contributed by atoms with van der Waals surface area (Å²) >= 11 is 0. The first-order chi connectivity index (χ1) is 7.74. The number of nitrogens with one attached hydrogen (secondary N) is 1. The molecule has 0 aromatic rings. The van der Waals surface area contributed by atoms with Crippen molar-refractivity contribution in [2.24, 2.45) is 5.92 Å². The van der Waals surface area contributed by atoms with Gasteiger partial charge >= 0.3 is 0 Å². The van der Waals surface area contributed by atoms with E-state index in [1.165, 1.54) is 31.3 Å². The van der Waals surface area contributed by atoms with E-state index in [1.807, 2.05) is 0 Å². The molecule has 2 nitrogen and oxygen atoms in total. The molecule has 2 atom stereocenters. The van der Waals surface area contributed by atoms with Gasteiger partial charge in [-0.25, -0.2) is 0 Å². The standard InChI is InChI=1S/C14H27NO/c1-4-9-15-14(8-7-12(2)3)13-6-5-10-16-11-13/h13-15H,2,4-11H2,1,3H3. The van der Waals surface area contributed by atoms with Gasteiger partial charge in [-0.3, -0.25) is 0 Å². The summed E-state index contributed by atoms with van der Waals surface area (Å²) in [7, 11) is 0. The summed E-state index contributed by atoms with van der Waals surface area (Å²) in [4.78, 5) is 0. The minimum Gasteiger partial charge on any atom is -0.381 e. The molecule has 0 amide bonds. The summed E-state index contributed by atoms with van der Waals surface area (Å²) < 4.78 is 5.59. The van der Waals surface area contributed by atoms with Gasteiger partial charge < -0.3 is 10.1 Å². The molecule has 0 aliphatic carbocycles. The van der Waals surface area contributed by atoms with Crippen LogP contribution in [0.5, 0.6) is 0 Å². The smallest absolute Gasteiger partial charge is 0.0509 e. The largest absolute Gasteiger partial charge is 0.381 e. The van der Waals surface area contributed by atoms with Gasteiger partial charge in [0.15, 0.2) is 0 Å². The molecule has 0 radical (unpaired) electrons. The van der Waals surface area contributed by atoms with E-state index in [1.54, 1.807) is 0 Å². The van der Waals surface area contributed by atoms with E-state index in [9.17, 15) is 0 Å². The third kappa shape index (κ3) is 5.13. The molecule has 1 N–H and O–H groups in total. The molecule has 1 fully saturated rings. The summed E-state index contributed by atoms with van der Waals surface area (Å²) in [6.45, 7) is 11.4. The molecule has 0 aromatic heterocycles. The van der Waals surface area contributed by atoms with Crippen LogP contribution >= 0.6 is 0 Å². The van der Waals surface area contributed by atoms with Crippen molar-refractivity contribution in [1.82, 2.24) is 5.32 Å². The topological polar surface area (TPSA) is 21.3 Å². The Hall–Kier alpha value is -0.340. The Morgan fingerprint density at radius 3 is 2.94 bits per heavy atom. The van der Waals surface area contributed by atoms with Crippen LogP contribution < -0.4 is 5.32 Å². The minimum absolute atomic E-state index is 0.622. The van der Waals surface area contributed by atoms with Gasteiger partial charge in [-0.1, -0.05) is 12.5 Å². The van der Waals surface area contributed by atoms with Crippen LogP contribution in [-0.4, -0.2) is 25.8 Å². The van der Waals surface area contributed by atoms with E-state index in [-0.39, 0.29) is 0 Å². The predicted molar refractivity (Wildman–Crippen MR) is 69.7 cm³/mol. The second kappa shape index (κ2) is 7.86. The zero-order chi connectivity index (χ0) is 11.8. The average molecular weight is 225 g/mol. The third-order valence-corrected chi connectivity index (χ3v) is 3.30. The first-order valence-electron chi connectivity index (χ1n) is 6.69. The highest BCUT2D eigenvalue weighted by Gasteiger charge is 2.23. The Bertz CT molecular complexity index is 197. The minimum atomic E-state index is 0.622. The molecular formula is C14H27NO. The van der Waals surface area contributed by atoms with E-state index in [4.69, 9.17) is 4.74 Å². The molecule has 2 heteroatoms. The fourth-order valence-electron chi connectivity index (χ4n) is 2.32. The van der Waals surface area contributed by atoms with Crippen molar-refractivity contribution in [2.45, 2.75) is 52.0 Å². The second-order valence-electron chi connectivity index (χ2n) is 5.03. The molecule has 16 heavy (non-hydrogen) atoms. The molecule has 0 aromatic carbocycles. The lowest BCUT2D eigenvalue weighted by Gasteiger charge is -2.31. The van der Waals surface area contributed by atoms with Crippen molar-refractivity contribution in [3.05, 3.63) is 12.2 Å². The Morgan fingerprint density at radius 1 is 1.56 bits per heavy atom. The van der Waals surface area contributed by atoms with Gasteiger partial charge in [0.05, 0.1) is 6.61 Å². The van der Waals surface area contributed by atoms with Crippen LogP contribution in [0.1, 0.15) is 46.0 Å². The van der Waals surface area contributed by atoms with Crippen LogP contribution in [-0.2, 0) is 4.74 Å². The van der Waals surface area contributed by atoms with Crippen LogP contribution in [0.25, 0.3) is 0 Å². The molecule has 0 bridgehead atoms. The summed E-state index contributed by atoms with van der Waals surface area (Å²) in [5, 5.41) is 3.67. The number of rotatable bonds is 7. The van der Waals surface area contributed by atoms with Crippen LogP contribution in [0.2, 0.25) is 0 Å². The summed E-state index contributed by atoms with van der Waals surface area (Å²) in [5.41, 5.74) is 1.29. The van der Waals surface area contributed by atoms with Crippen molar-refractivity contribution >= 4 is 0 Å². The normalized spacial score (nSPS) is 23.0. The molecular weight excluding hydrogens is 198 g/mol. The molecule has 1 aliphatic rings. The maximum atomic E-state index is 5.59. The number of hydrogen-bond acceptors (Lipinski definition) is 2. The summed E-state index contributed by atoms with van der Waals surface area (Å²) in [5.74, 6) is 0.708. The van der Waals surface area contributed by atoms with Crippen molar-refractivity contribution < 1.29 is 4.74 Å². The maximum Gasteiger partial charge on any atom is 0.0509 e. The molecule has 1 aliphatic heterocycles. The van der Waals surface area contributed by atoms with Crippen LogP contribution in [0.15, 0.2) is 12.2 Å². The van der Waals surface area contributed by atoms with Crippen molar-refractivity contribution in [3.63, 3.8) is 0 Å². The average Bonchev–Trinajstić information content (AvgIpc) is 2.30. The van der Waals surface area contributed by atoms with E-state index in [0.29, 0.717) is 12.0 Å². The van der Waals surface area contributed by atoms with Gasteiger partial charge in [-0.15, -0.1) is 6.58 Å². The van der Waals surface area contributed by atoms with E-state index in [0.717, 1.165) is 26.2 Å². The number of allylic oxidation sites excluding steroid dienone is 1. The van der Waals surface area contributed by atoms with Gasteiger partial charge in [0.2, 0.25) is 0 Å². The lowest BCUT2D eigenvalue weighted by Crippen LogP contribution is -2.40. The van der Waals surface area contributed by atoms with E-state index < -0.39 is 0 Å². The highest BCUT2D eigenvalue weighted by atomic mass is 16.5. The molecule has 94 valence electrons. The zero-order valence-electron chi connectivity index (χ0n) is 10.9. The Kier molecular flexibility index (Phi) is 6.74. The van der Waals surface area contributed by atoms with Gasteiger partial charge in [0, 0.05) is 12.6 Å². The Balaban J connectivity index is 2.37. The predicted octanol–water partition coefficient (Wildman–Crippen LogP) is 3.14. The van der Waals surface area contributed by atoms with Crippen molar-refractivity contribution in [2.75, 3.05) is 19.8 Å². The summed E-state index contributed by atoms with van der Waals surface area (Å²) in [6.07, 6.45) is 6.10. The van der Waals surface area contributed by atoms with Gasteiger partial charge in [0.25, 0.3) is 0 Å². The highest BCUT2D eigenvalue weighted by Crippen LogP contribution is 2.21. The second-order valence-corrected chi connectivity index (χ2v) is 5.03. The molecule has 0 spiro atoms. The van der Waals surface area contributed by atoms with Crippen LogP contribution in [0.4, 0.5) is 0 Å². The fraction of sp³-hybridized carbons (Fsp3) is 0.857. The highest BCUT2D eigenvalue weighted by molar-refractivity contribution is 4.91. The molecule has 1 heterocycles. The maximum absolute atomic E-state index is 5.59. The molecule has 0 saturated carbocycles. The lowest BCUT2D eigenvalue weighted by atomic mass is 9.89. The number of hydrogen-bond donors (Lipinski definition) is 1. The first-order valence-corrected chi connectivity index (χ1v) is 6.69. The van der Waals surface area contributed by atoms with E-state index >= 15 is 0 Å². The van der Waals surface area contributed by atoms with Gasteiger partial charge in [-0.05, 0) is 51.5 Å². The Labute approximate surface area is 100 Å². The molecule has 1 rings (SSSR count). The third-order valence-electron chi connectivity index (χ3n) is 3.30. The van der Waals surface area contributed by atoms with Crippen molar-refractivity contribution in [1.29, 1.82) is 0 Å². The SMILES string of the molecule is C=C(C)CCC(NCCC)C1CCCOC1. The zero-order valence-corrected chi connectivity index (χ0v) is 10.9. The number of ether oxygens (including phenoxy) is 1. The van der Waals surface area contributed by atoms with E-state index in [2.05, 4.69) is 25.7 Å². The quantitative estimate of drug-likeness (QED) is 0.672. The van der Waals surface area contributed by atoms with Crippen LogP contribution in [0, 0.1) is 5.92 Å². The monoisotopic (exact) mass is 225 g/mol. The first kappa shape index (κ1) is 13.7. The van der Waals surface area contributed by atoms with Gasteiger partial charge in [-0.2, -0.15) is 0 Å². The fourth-order valence-corrected chi connectivity index (χ4v) is 2.32. The van der Waals surface area contributed by atoms with Gasteiger partial charge in [0.1, 0.15) is 0 Å².